The molecule has 1 aliphatic heterocycles. The van der Waals surface area contributed by atoms with Gasteiger partial charge in [-0.2, -0.15) is 0 Å². The van der Waals surface area contributed by atoms with E-state index in [0.29, 0.717) is 25.7 Å². The second kappa shape index (κ2) is 34.8. The number of hydrogen-bond donors (Lipinski definition) is 5. The lowest BCUT2D eigenvalue weighted by Crippen LogP contribution is -2.59. The fraction of sp³-hybridized carbons (Fsp3) is 0.545. The van der Waals surface area contributed by atoms with Gasteiger partial charge in [0.05, 0.1) is 19.8 Å². The van der Waals surface area contributed by atoms with Crippen molar-refractivity contribution in [2.45, 2.75) is 127 Å². The highest BCUT2D eigenvalue weighted by Crippen LogP contribution is 2.22. The van der Waals surface area contributed by atoms with Gasteiger partial charge >= 0.3 is 11.9 Å². The van der Waals surface area contributed by atoms with Crippen molar-refractivity contribution in [3.05, 3.63) is 109 Å². The average molecular weight is 771 g/mol. The maximum Gasteiger partial charge on any atom is 0.306 e. The monoisotopic (exact) mass is 770 g/mol. The molecule has 1 heterocycles. The molecule has 11 heteroatoms. The number of aliphatic hydroxyl groups excluding tert-OH is 5. The highest BCUT2D eigenvalue weighted by atomic mass is 16.7. The average Bonchev–Trinajstić information content (AvgIpc) is 3.18. The van der Waals surface area contributed by atoms with Gasteiger partial charge in [0, 0.05) is 12.8 Å². The standard InChI is InChI=1S/C44H66O11/c1-2-3-4-5-6-7-8-9-10-11-12-13-16-19-22-25-28-31-39(47)52-35-37(36-53-44-43(51)42(50)41(49)38(34-46)55-44)54-40(48)32-29-26-23-20-17-14-15-18-21-24-27-30-33-45/h3-4,6-7,9-10,12-14,17-19,21-23,26-27,30,37-38,41-46,49-51H,2,5,8,11,15-16,20,24-25,28-29,31-36H2,1H3/b4-3-,7-6-,10-9-,13-12-,17-14-,21-18-,22-19-,26-23-,30-27-. The molecule has 55 heavy (non-hydrogen) atoms. The zero-order valence-corrected chi connectivity index (χ0v) is 32.6. The Kier molecular flexibility index (Phi) is 31.2. The van der Waals surface area contributed by atoms with Crippen LogP contribution in [0.5, 0.6) is 0 Å². The van der Waals surface area contributed by atoms with Crippen LogP contribution in [0.4, 0.5) is 0 Å². The van der Waals surface area contributed by atoms with Crippen LogP contribution in [0.1, 0.15) is 90.4 Å². The molecule has 0 radical (unpaired) electrons. The Morgan fingerprint density at radius 3 is 1.58 bits per heavy atom. The topological polar surface area (TPSA) is 172 Å². The third kappa shape index (κ3) is 26.7. The molecule has 0 aliphatic carbocycles. The first kappa shape index (κ1) is 49.3. The van der Waals surface area contributed by atoms with Crippen molar-refractivity contribution in [1.82, 2.24) is 0 Å². The Morgan fingerprint density at radius 1 is 0.582 bits per heavy atom. The summed E-state index contributed by atoms with van der Waals surface area (Å²) in [4.78, 5) is 25.1. The van der Waals surface area contributed by atoms with Crippen molar-refractivity contribution < 1.29 is 54.1 Å². The fourth-order valence-corrected chi connectivity index (χ4v) is 4.97. The van der Waals surface area contributed by atoms with Gasteiger partial charge in [0.1, 0.15) is 31.0 Å². The highest BCUT2D eigenvalue weighted by Gasteiger charge is 2.44. The number of rotatable bonds is 30. The van der Waals surface area contributed by atoms with Gasteiger partial charge in [0.2, 0.25) is 0 Å². The van der Waals surface area contributed by atoms with Crippen molar-refractivity contribution in [3.63, 3.8) is 0 Å². The number of carbonyl (C=O) groups is 2. The zero-order chi connectivity index (χ0) is 40.2. The molecule has 0 saturated carbocycles. The number of allylic oxidation sites excluding steroid dienone is 17. The Morgan fingerprint density at radius 2 is 1.07 bits per heavy atom. The molecule has 0 spiro atoms. The van der Waals surface area contributed by atoms with E-state index < -0.39 is 55.4 Å². The molecule has 1 fully saturated rings. The van der Waals surface area contributed by atoms with Crippen molar-refractivity contribution in [1.29, 1.82) is 0 Å². The van der Waals surface area contributed by atoms with Crippen LogP contribution >= 0.6 is 0 Å². The van der Waals surface area contributed by atoms with Crippen LogP contribution in [-0.2, 0) is 28.5 Å². The van der Waals surface area contributed by atoms with E-state index in [1.54, 1.807) is 6.08 Å². The lowest BCUT2D eigenvalue weighted by Gasteiger charge is -2.39. The molecule has 0 aromatic heterocycles. The molecular weight excluding hydrogens is 704 g/mol. The molecule has 6 unspecified atom stereocenters. The number of aliphatic hydroxyl groups is 5. The predicted molar refractivity (Wildman–Crippen MR) is 216 cm³/mol. The summed E-state index contributed by atoms with van der Waals surface area (Å²) in [5.74, 6) is -1.01. The van der Waals surface area contributed by atoms with E-state index in [-0.39, 0.29) is 32.7 Å². The third-order valence-electron chi connectivity index (χ3n) is 8.04. The van der Waals surface area contributed by atoms with Crippen LogP contribution < -0.4 is 0 Å². The zero-order valence-electron chi connectivity index (χ0n) is 32.6. The molecular formula is C44H66O11. The Labute approximate surface area is 328 Å². The minimum Gasteiger partial charge on any atom is -0.462 e. The molecule has 0 bridgehead atoms. The summed E-state index contributed by atoms with van der Waals surface area (Å²) < 4.78 is 21.9. The van der Waals surface area contributed by atoms with Gasteiger partial charge in [-0.1, -0.05) is 116 Å². The largest absolute Gasteiger partial charge is 0.462 e. The van der Waals surface area contributed by atoms with E-state index in [1.807, 2.05) is 48.6 Å². The second-order valence-electron chi connectivity index (χ2n) is 12.7. The summed E-state index contributed by atoms with van der Waals surface area (Å²) >= 11 is 0. The maximum atomic E-state index is 12.7. The van der Waals surface area contributed by atoms with Gasteiger partial charge in [-0.3, -0.25) is 9.59 Å². The summed E-state index contributed by atoms with van der Waals surface area (Å²) in [5, 5.41) is 48.6. The maximum absolute atomic E-state index is 12.7. The van der Waals surface area contributed by atoms with Gasteiger partial charge in [-0.25, -0.2) is 0 Å². The number of unbranched alkanes of at least 4 members (excludes halogenated alkanes) is 1. The Bertz CT molecular complexity index is 1260. The number of carbonyl (C=O) groups excluding carboxylic acids is 2. The SMILES string of the molecule is CC/C=C\C/C=C\C/C=C\C/C=C\C/C=C\CCCC(=O)OCC(COC1OC(CO)C(O)C(O)C1O)OC(=O)CC/C=C\C/C=C\C/C=C\C/C=C\CO. The summed E-state index contributed by atoms with van der Waals surface area (Å²) in [6, 6.07) is 0. The third-order valence-corrected chi connectivity index (χ3v) is 8.04. The first-order valence-electron chi connectivity index (χ1n) is 19.6. The first-order chi connectivity index (χ1) is 26.8. The molecule has 0 aromatic rings. The van der Waals surface area contributed by atoms with E-state index in [1.165, 1.54) is 0 Å². The number of hydrogen-bond acceptors (Lipinski definition) is 11. The van der Waals surface area contributed by atoms with E-state index in [9.17, 15) is 30.0 Å². The highest BCUT2D eigenvalue weighted by molar-refractivity contribution is 5.70. The summed E-state index contributed by atoms with van der Waals surface area (Å²) in [5.41, 5.74) is 0. The van der Waals surface area contributed by atoms with Gasteiger partial charge in [0.25, 0.3) is 0 Å². The van der Waals surface area contributed by atoms with Crippen molar-refractivity contribution in [2.24, 2.45) is 0 Å². The lowest BCUT2D eigenvalue weighted by atomic mass is 9.99. The van der Waals surface area contributed by atoms with E-state index in [2.05, 4.69) is 61.6 Å². The van der Waals surface area contributed by atoms with Crippen LogP contribution in [0.25, 0.3) is 0 Å². The molecule has 11 nitrogen and oxygen atoms in total. The van der Waals surface area contributed by atoms with Crippen molar-refractivity contribution in [2.75, 3.05) is 26.4 Å². The van der Waals surface area contributed by atoms with E-state index >= 15 is 0 Å². The van der Waals surface area contributed by atoms with Gasteiger partial charge in [0.15, 0.2) is 12.4 Å². The summed E-state index contributed by atoms with van der Waals surface area (Å²) in [6.45, 7) is 0.916. The van der Waals surface area contributed by atoms with Crippen LogP contribution in [0, 0.1) is 0 Å². The molecule has 1 rings (SSSR count). The second-order valence-corrected chi connectivity index (χ2v) is 12.7. The van der Waals surface area contributed by atoms with Crippen LogP contribution in [0.15, 0.2) is 109 Å². The molecule has 0 aromatic carbocycles. The summed E-state index contributed by atoms with van der Waals surface area (Å²) in [7, 11) is 0. The number of esters is 2. The molecule has 308 valence electrons. The molecule has 1 aliphatic rings. The Balaban J connectivity index is 2.48. The minimum atomic E-state index is -1.63. The first-order valence-corrected chi connectivity index (χ1v) is 19.6. The van der Waals surface area contributed by atoms with Gasteiger partial charge < -0.3 is 44.5 Å². The van der Waals surface area contributed by atoms with Crippen molar-refractivity contribution in [3.8, 4) is 0 Å². The minimum absolute atomic E-state index is 0.0433. The molecule has 1 saturated heterocycles. The van der Waals surface area contributed by atoms with Crippen LogP contribution in [0.3, 0.4) is 0 Å². The van der Waals surface area contributed by atoms with E-state index in [4.69, 9.17) is 24.1 Å². The molecule has 5 N–H and O–H groups in total. The van der Waals surface area contributed by atoms with Crippen LogP contribution in [-0.4, -0.2) is 101 Å². The Hall–Kier alpha value is -3.68. The lowest BCUT2D eigenvalue weighted by molar-refractivity contribution is -0.305. The molecule has 0 amide bonds. The summed E-state index contributed by atoms with van der Waals surface area (Å²) in [6.07, 6.45) is 37.3. The fourth-order valence-electron chi connectivity index (χ4n) is 4.97. The quantitative estimate of drug-likeness (QED) is 0.0313. The van der Waals surface area contributed by atoms with Gasteiger partial charge in [-0.15, -0.1) is 0 Å². The molecule has 6 atom stereocenters. The normalized spacial score (nSPS) is 21.7. The predicted octanol–water partition coefficient (Wildman–Crippen LogP) is 6.35. The number of ether oxygens (including phenoxy) is 4. The van der Waals surface area contributed by atoms with Crippen molar-refractivity contribution >= 4 is 11.9 Å². The smallest absolute Gasteiger partial charge is 0.306 e. The van der Waals surface area contributed by atoms with E-state index in [0.717, 1.165) is 44.9 Å². The van der Waals surface area contributed by atoms with Crippen LogP contribution in [0.2, 0.25) is 0 Å². The van der Waals surface area contributed by atoms with Gasteiger partial charge in [-0.05, 0) is 70.6 Å².